The summed E-state index contributed by atoms with van der Waals surface area (Å²) in [4.78, 5) is 12.6. The van der Waals surface area contributed by atoms with E-state index in [9.17, 15) is 0 Å². The van der Waals surface area contributed by atoms with E-state index in [4.69, 9.17) is 17.3 Å². The average Bonchev–Trinajstić information content (AvgIpc) is 2.83. The van der Waals surface area contributed by atoms with Crippen LogP contribution in [0.3, 0.4) is 0 Å². The molecule has 1 atom stereocenters. The van der Waals surface area contributed by atoms with Gasteiger partial charge in [0.2, 0.25) is 11.9 Å². The van der Waals surface area contributed by atoms with Gasteiger partial charge in [-0.2, -0.15) is 0 Å². The van der Waals surface area contributed by atoms with Crippen LogP contribution in [0.1, 0.15) is 6.92 Å². The number of rotatable bonds is 2. The number of nitrogens with two attached hydrogens (primary N) is 1. The predicted octanol–water partition coefficient (Wildman–Crippen LogP) is 0.648. The maximum absolute atomic E-state index is 6.16. The molecule has 1 saturated heterocycles. The highest BCUT2D eigenvalue weighted by molar-refractivity contribution is 6.32. The Morgan fingerprint density at radius 2 is 2.05 bits per heavy atom. The molecule has 2 aromatic heterocycles. The van der Waals surface area contributed by atoms with Crippen LogP contribution in [0.2, 0.25) is 5.02 Å². The molecule has 8 nitrogen and oxygen atoms in total. The van der Waals surface area contributed by atoms with Gasteiger partial charge < -0.3 is 15.5 Å². The van der Waals surface area contributed by atoms with Crippen LogP contribution in [-0.2, 0) is 7.05 Å². The van der Waals surface area contributed by atoms with E-state index in [1.165, 1.54) is 6.20 Å². The lowest BCUT2D eigenvalue weighted by atomic mass is 10.2. The Hall–Kier alpha value is -1.93. The minimum Gasteiger partial charge on any atom is -0.368 e. The van der Waals surface area contributed by atoms with E-state index in [0.29, 0.717) is 22.6 Å². The zero-order chi connectivity index (χ0) is 15.9. The predicted molar refractivity (Wildman–Crippen MR) is 85.8 cm³/mol. The Labute approximate surface area is 133 Å². The van der Waals surface area contributed by atoms with Crippen molar-refractivity contribution in [2.24, 2.45) is 7.05 Å². The number of hydrogen-bond donors (Lipinski definition) is 1. The number of hydrogen-bond acceptors (Lipinski definition) is 7. The van der Waals surface area contributed by atoms with Gasteiger partial charge in [0, 0.05) is 32.7 Å². The Morgan fingerprint density at radius 1 is 1.27 bits per heavy atom. The maximum Gasteiger partial charge on any atom is 0.227 e. The van der Waals surface area contributed by atoms with E-state index in [-0.39, 0.29) is 5.95 Å². The zero-order valence-corrected chi connectivity index (χ0v) is 13.6. The van der Waals surface area contributed by atoms with Crippen LogP contribution >= 0.6 is 11.6 Å². The first-order valence-corrected chi connectivity index (χ1v) is 7.48. The second-order valence-electron chi connectivity index (χ2n) is 5.61. The summed E-state index contributed by atoms with van der Waals surface area (Å²) in [6.45, 7) is 5.07. The minimum atomic E-state index is 0.164. The molecule has 2 aromatic rings. The van der Waals surface area contributed by atoms with Crippen LogP contribution in [-0.4, -0.2) is 62.4 Å². The first-order valence-electron chi connectivity index (χ1n) is 7.10. The van der Waals surface area contributed by atoms with Crippen molar-refractivity contribution in [1.82, 2.24) is 29.6 Å². The lowest BCUT2D eigenvalue weighted by molar-refractivity contribution is 0.272. The molecular weight excluding hydrogens is 304 g/mol. The monoisotopic (exact) mass is 322 g/mol. The molecule has 1 unspecified atom stereocenters. The van der Waals surface area contributed by atoms with Crippen molar-refractivity contribution in [1.29, 1.82) is 0 Å². The van der Waals surface area contributed by atoms with E-state index >= 15 is 0 Å². The normalized spacial score (nSPS) is 19.6. The molecule has 0 aliphatic carbocycles. The number of aromatic nitrogens is 5. The highest BCUT2D eigenvalue weighted by Crippen LogP contribution is 2.27. The zero-order valence-electron chi connectivity index (χ0n) is 12.9. The third-order valence-corrected chi connectivity index (χ3v) is 4.19. The Bertz CT molecular complexity index is 685. The van der Waals surface area contributed by atoms with Crippen molar-refractivity contribution in [2.75, 3.05) is 37.3 Å². The standard InChI is InChI=1S/C13H19ClN8/c1-8-7-20(2)4-5-22(8)13-19-18-11(21(13)3)10-9(14)6-16-12(15)17-10/h6,8H,4-5,7H2,1-3H3,(H2,15,16,17). The fourth-order valence-electron chi connectivity index (χ4n) is 2.75. The number of likely N-dealkylation sites (N-methyl/N-ethyl adjacent to an activating group) is 1. The first-order chi connectivity index (χ1) is 10.5. The fraction of sp³-hybridized carbons (Fsp3) is 0.538. The molecule has 0 saturated carbocycles. The van der Waals surface area contributed by atoms with Gasteiger partial charge in [0.25, 0.3) is 0 Å². The topological polar surface area (TPSA) is 89.0 Å². The average molecular weight is 323 g/mol. The van der Waals surface area contributed by atoms with Gasteiger partial charge in [-0.3, -0.25) is 4.57 Å². The molecule has 3 heterocycles. The Kier molecular flexibility index (Phi) is 3.88. The molecule has 1 aliphatic rings. The summed E-state index contributed by atoms with van der Waals surface area (Å²) in [5.41, 5.74) is 6.15. The highest BCUT2D eigenvalue weighted by atomic mass is 35.5. The SMILES string of the molecule is CC1CN(C)CCN1c1nnc(-c2nc(N)ncc2Cl)n1C. The summed E-state index contributed by atoms with van der Waals surface area (Å²) in [5, 5.41) is 8.97. The molecule has 1 fully saturated rings. The van der Waals surface area contributed by atoms with Gasteiger partial charge in [0.15, 0.2) is 5.82 Å². The summed E-state index contributed by atoms with van der Waals surface area (Å²) < 4.78 is 1.90. The first kappa shape index (κ1) is 15.0. The molecule has 3 rings (SSSR count). The molecule has 0 aromatic carbocycles. The summed E-state index contributed by atoms with van der Waals surface area (Å²) >= 11 is 6.16. The number of nitrogen functional groups attached to an aromatic ring is 1. The second-order valence-corrected chi connectivity index (χ2v) is 6.02. The summed E-state index contributed by atoms with van der Waals surface area (Å²) in [6.07, 6.45) is 1.48. The molecule has 2 N–H and O–H groups in total. The van der Waals surface area contributed by atoms with Gasteiger partial charge in [-0.25, -0.2) is 9.97 Å². The van der Waals surface area contributed by atoms with Gasteiger partial charge in [0.05, 0.1) is 11.2 Å². The van der Waals surface area contributed by atoms with E-state index in [1.807, 2.05) is 11.6 Å². The Morgan fingerprint density at radius 3 is 2.77 bits per heavy atom. The quantitative estimate of drug-likeness (QED) is 0.868. The van der Waals surface area contributed by atoms with E-state index in [2.05, 4.69) is 43.9 Å². The smallest absolute Gasteiger partial charge is 0.227 e. The third-order valence-electron chi connectivity index (χ3n) is 3.91. The molecule has 0 radical (unpaired) electrons. The highest BCUT2D eigenvalue weighted by Gasteiger charge is 2.27. The lowest BCUT2D eigenvalue weighted by Gasteiger charge is -2.38. The largest absolute Gasteiger partial charge is 0.368 e. The molecule has 0 spiro atoms. The van der Waals surface area contributed by atoms with Crippen LogP contribution < -0.4 is 10.6 Å². The molecular formula is C13H19ClN8. The number of halogens is 1. The van der Waals surface area contributed by atoms with Crippen molar-refractivity contribution in [3.05, 3.63) is 11.2 Å². The molecule has 118 valence electrons. The van der Waals surface area contributed by atoms with Crippen molar-refractivity contribution < 1.29 is 0 Å². The van der Waals surface area contributed by atoms with E-state index in [1.54, 1.807) is 0 Å². The van der Waals surface area contributed by atoms with Crippen LogP contribution in [0.15, 0.2) is 6.20 Å². The Balaban J connectivity index is 1.97. The number of anilines is 2. The maximum atomic E-state index is 6.16. The summed E-state index contributed by atoms with van der Waals surface area (Å²) in [5.74, 6) is 1.56. The third kappa shape index (κ3) is 2.59. The molecule has 0 amide bonds. The van der Waals surface area contributed by atoms with Crippen LogP contribution in [0, 0.1) is 0 Å². The van der Waals surface area contributed by atoms with E-state index in [0.717, 1.165) is 25.6 Å². The van der Waals surface area contributed by atoms with E-state index < -0.39 is 0 Å². The van der Waals surface area contributed by atoms with Gasteiger partial charge in [0.1, 0.15) is 5.69 Å². The summed E-state index contributed by atoms with van der Waals surface area (Å²) in [7, 11) is 4.03. The molecule has 1 aliphatic heterocycles. The summed E-state index contributed by atoms with van der Waals surface area (Å²) in [6, 6.07) is 0.362. The minimum absolute atomic E-state index is 0.164. The molecule has 0 bridgehead atoms. The van der Waals surface area contributed by atoms with Crippen LogP contribution in [0.25, 0.3) is 11.5 Å². The van der Waals surface area contributed by atoms with Gasteiger partial charge in [-0.15, -0.1) is 10.2 Å². The fourth-order valence-corrected chi connectivity index (χ4v) is 2.93. The van der Waals surface area contributed by atoms with Gasteiger partial charge in [-0.05, 0) is 14.0 Å². The number of nitrogens with zero attached hydrogens (tertiary/aromatic N) is 7. The van der Waals surface area contributed by atoms with Crippen LogP contribution in [0.4, 0.5) is 11.9 Å². The van der Waals surface area contributed by atoms with Gasteiger partial charge >= 0.3 is 0 Å². The second kappa shape index (κ2) is 5.69. The lowest BCUT2D eigenvalue weighted by Crippen LogP contribution is -2.51. The van der Waals surface area contributed by atoms with Crippen LogP contribution in [0.5, 0.6) is 0 Å². The van der Waals surface area contributed by atoms with Gasteiger partial charge in [-0.1, -0.05) is 11.6 Å². The van der Waals surface area contributed by atoms with Crippen molar-refractivity contribution in [3.63, 3.8) is 0 Å². The van der Waals surface area contributed by atoms with Crippen molar-refractivity contribution >= 4 is 23.5 Å². The number of piperazine rings is 1. The molecule has 9 heteroatoms. The van der Waals surface area contributed by atoms with Crippen molar-refractivity contribution in [3.8, 4) is 11.5 Å². The van der Waals surface area contributed by atoms with Crippen molar-refractivity contribution in [2.45, 2.75) is 13.0 Å². The molecule has 22 heavy (non-hydrogen) atoms.